The van der Waals surface area contributed by atoms with Gasteiger partial charge in [-0.2, -0.15) is 0 Å². The Morgan fingerprint density at radius 3 is 2.53 bits per heavy atom. The lowest BCUT2D eigenvalue weighted by atomic mass is 10.2. The molecule has 1 aromatic rings. The number of benzene rings is 1. The summed E-state index contributed by atoms with van der Waals surface area (Å²) in [5.41, 5.74) is 0. The van der Waals surface area contributed by atoms with Crippen LogP contribution in [0.3, 0.4) is 0 Å². The van der Waals surface area contributed by atoms with Crippen molar-refractivity contribution >= 4 is 10.0 Å². The molecule has 1 aromatic carbocycles. The lowest BCUT2D eigenvalue weighted by molar-refractivity contribution is 0.525. The summed E-state index contributed by atoms with van der Waals surface area (Å²) in [6, 6.07) is 2.11. The molecule has 1 N–H and O–H groups in total. The second-order valence-electron chi connectivity index (χ2n) is 3.89. The zero-order valence-corrected chi connectivity index (χ0v) is 10.5. The second kappa shape index (κ2) is 5.55. The Balaban J connectivity index is 2.97. The highest BCUT2D eigenvalue weighted by Crippen LogP contribution is 2.16. The van der Waals surface area contributed by atoms with Crippen molar-refractivity contribution in [2.45, 2.75) is 37.6 Å². The highest BCUT2D eigenvalue weighted by molar-refractivity contribution is 7.89. The van der Waals surface area contributed by atoms with E-state index in [4.69, 9.17) is 0 Å². The van der Waals surface area contributed by atoms with Gasteiger partial charge in [-0.1, -0.05) is 13.3 Å². The third-order valence-corrected chi connectivity index (χ3v) is 3.88. The van der Waals surface area contributed by atoms with E-state index in [1.807, 2.05) is 6.92 Å². The van der Waals surface area contributed by atoms with Crippen molar-refractivity contribution in [2.75, 3.05) is 0 Å². The Morgan fingerprint density at radius 1 is 1.35 bits per heavy atom. The molecule has 0 amide bonds. The molecular formula is C11H15F2NO2S. The normalized spacial score (nSPS) is 13.6. The minimum atomic E-state index is -3.92. The van der Waals surface area contributed by atoms with Crippen molar-refractivity contribution in [3.63, 3.8) is 0 Å². The second-order valence-corrected chi connectivity index (χ2v) is 5.57. The number of halogens is 2. The first kappa shape index (κ1) is 14.1. The van der Waals surface area contributed by atoms with Crippen LogP contribution in [0.15, 0.2) is 23.1 Å². The molecule has 0 saturated heterocycles. The van der Waals surface area contributed by atoms with Crippen molar-refractivity contribution < 1.29 is 17.2 Å². The van der Waals surface area contributed by atoms with Gasteiger partial charge in [0.1, 0.15) is 16.5 Å². The number of rotatable bonds is 5. The topological polar surface area (TPSA) is 46.2 Å². The number of sulfonamides is 1. The molecule has 1 atom stereocenters. The van der Waals surface area contributed by atoms with Crippen LogP contribution in [0.2, 0.25) is 0 Å². The molecule has 1 unspecified atom stereocenters. The van der Waals surface area contributed by atoms with Crippen molar-refractivity contribution in [3.05, 3.63) is 29.8 Å². The molecule has 1 rings (SSSR count). The fraction of sp³-hybridized carbons (Fsp3) is 0.455. The van der Waals surface area contributed by atoms with E-state index >= 15 is 0 Å². The van der Waals surface area contributed by atoms with Crippen molar-refractivity contribution in [3.8, 4) is 0 Å². The van der Waals surface area contributed by atoms with Gasteiger partial charge in [0, 0.05) is 12.1 Å². The van der Waals surface area contributed by atoms with E-state index in [-0.39, 0.29) is 6.04 Å². The molecule has 0 fully saturated rings. The van der Waals surface area contributed by atoms with Crippen molar-refractivity contribution in [2.24, 2.45) is 0 Å². The van der Waals surface area contributed by atoms with E-state index in [0.717, 1.165) is 18.6 Å². The molecule has 0 heterocycles. The Morgan fingerprint density at radius 2 is 2.00 bits per heavy atom. The van der Waals surface area contributed by atoms with Gasteiger partial charge < -0.3 is 0 Å². The van der Waals surface area contributed by atoms with E-state index in [9.17, 15) is 17.2 Å². The number of nitrogens with one attached hydrogen (secondary N) is 1. The first-order chi connectivity index (χ1) is 7.86. The molecule has 0 bridgehead atoms. The smallest absolute Gasteiger partial charge is 0.208 e. The molecule has 17 heavy (non-hydrogen) atoms. The fourth-order valence-corrected chi connectivity index (χ4v) is 2.85. The Bertz CT molecular complexity index is 488. The van der Waals surface area contributed by atoms with Crippen LogP contribution in [0, 0.1) is 11.6 Å². The molecule has 0 aliphatic rings. The maximum Gasteiger partial charge on any atom is 0.243 e. The van der Waals surface area contributed by atoms with Gasteiger partial charge in [-0.25, -0.2) is 21.9 Å². The predicted molar refractivity (Wildman–Crippen MR) is 61.0 cm³/mol. The summed E-state index contributed by atoms with van der Waals surface area (Å²) >= 11 is 0. The molecule has 0 aromatic heterocycles. The number of hydrogen-bond acceptors (Lipinski definition) is 2. The lowest BCUT2D eigenvalue weighted by Gasteiger charge is -2.13. The summed E-state index contributed by atoms with van der Waals surface area (Å²) in [7, 11) is -3.92. The lowest BCUT2D eigenvalue weighted by Crippen LogP contribution is -2.33. The third kappa shape index (κ3) is 3.74. The maximum absolute atomic E-state index is 13.3. The van der Waals surface area contributed by atoms with Crippen LogP contribution in [-0.2, 0) is 10.0 Å². The maximum atomic E-state index is 13.3. The monoisotopic (exact) mass is 263 g/mol. The fourth-order valence-electron chi connectivity index (χ4n) is 1.51. The van der Waals surface area contributed by atoms with Gasteiger partial charge in [0.25, 0.3) is 0 Å². The van der Waals surface area contributed by atoms with E-state index in [1.165, 1.54) is 0 Å². The quantitative estimate of drug-likeness (QED) is 0.886. The summed E-state index contributed by atoms with van der Waals surface area (Å²) in [6.07, 6.45) is 1.47. The highest BCUT2D eigenvalue weighted by Gasteiger charge is 2.21. The highest BCUT2D eigenvalue weighted by atomic mass is 32.2. The standard InChI is InChI=1S/C11H15F2NO2S/c1-3-4-8(2)14-17(15,16)11-6-5-9(12)7-10(11)13/h5-8,14H,3-4H2,1-2H3. The molecular weight excluding hydrogens is 248 g/mol. The van der Waals surface area contributed by atoms with Crippen LogP contribution in [-0.4, -0.2) is 14.5 Å². The Kier molecular flexibility index (Phi) is 4.59. The summed E-state index contributed by atoms with van der Waals surface area (Å²) < 4.78 is 51.9. The molecule has 0 saturated carbocycles. The summed E-state index contributed by atoms with van der Waals surface area (Å²) in [4.78, 5) is -0.526. The molecule has 0 radical (unpaired) electrons. The Hall–Kier alpha value is -1.01. The van der Waals surface area contributed by atoms with Crippen LogP contribution < -0.4 is 4.72 Å². The van der Waals surface area contributed by atoms with Gasteiger partial charge in [0.05, 0.1) is 0 Å². The summed E-state index contributed by atoms with van der Waals surface area (Å²) in [5, 5.41) is 0. The van der Waals surface area contributed by atoms with Crippen LogP contribution >= 0.6 is 0 Å². The molecule has 0 spiro atoms. The third-order valence-electron chi connectivity index (χ3n) is 2.26. The number of hydrogen-bond donors (Lipinski definition) is 1. The van der Waals surface area contributed by atoms with Crippen LogP contribution in [0.5, 0.6) is 0 Å². The molecule has 96 valence electrons. The van der Waals surface area contributed by atoms with E-state index in [1.54, 1.807) is 6.92 Å². The Labute approximate surface area is 99.9 Å². The van der Waals surface area contributed by atoms with Gasteiger partial charge >= 0.3 is 0 Å². The molecule has 6 heteroatoms. The minimum Gasteiger partial charge on any atom is -0.208 e. The summed E-state index contributed by atoms with van der Waals surface area (Å²) in [5.74, 6) is -1.88. The largest absolute Gasteiger partial charge is 0.243 e. The van der Waals surface area contributed by atoms with Gasteiger partial charge in [-0.05, 0) is 25.5 Å². The minimum absolute atomic E-state index is 0.283. The first-order valence-electron chi connectivity index (χ1n) is 5.34. The molecule has 0 aliphatic heterocycles. The van der Waals surface area contributed by atoms with Gasteiger partial charge in [-0.15, -0.1) is 0 Å². The average molecular weight is 263 g/mol. The molecule has 3 nitrogen and oxygen atoms in total. The van der Waals surface area contributed by atoms with Gasteiger partial charge in [0.2, 0.25) is 10.0 Å². The predicted octanol–water partition coefficient (Wildman–Crippen LogP) is 2.43. The van der Waals surface area contributed by atoms with Crippen LogP contribution in [0.1, 0.15) is 26.7 Å². The first-order valence-corrected chi connectivity index (χ1v) is 6.82. The van der Waals surface area contributed by atoms with Crippen molar-refractivity contribution in [1.82, 2.24) is 4.72 Å². The average Bonchev–Trinajstić information content (AvgIpc) is 2.15. The van der Waals surface area contributed by atoms with Crippen LogP contribution in [0.4, 0.5) is 8.78 Å². The van der Waals surface area contributed by atoms with E-state index in [2.05, 4.69) is 4.72 Å². The van der Waals surface area contributed by atoms with E-state index < -0.39 is 26.6 Å². The summed E-state index contributed by atoms with van der Waals surface area (Å²) in [6.45, 7) is 3.62. The van der Waals surface area contributed by atoms with Gasteiger partial charge in [0.15, 0.2) is 0 Å². The van der Waals surface area contributed by atoms with Gasteiger partial charge in [-0.3, -0.25) is 0 Å². The zero-order valence-electron chi connectivity index (χ0n) is 9.70. The van der Waals surface area contributed by atoms with Crippen molar-refractivity contribution in [1.29, 1.82) is 0 Å². The molecule has 0 aliphatic carbocycles. The zero-order chi connectivity index (χ0) is 13.1. The van der Waals surface area contributed by atoms with Crippen LogP contribution in [0.25, 0.3) is 0 Å². The SMILES string of the molecule is CCCC(C)NS(=O)(=O)c1ccc(F)cc1F. The van der Waals surface area contributed by atoms with E-state index in [0.29, 0.717) is 12.5 Å².